The van der Waals surface area contributed by atoms with Gasteiger partial charge in [0.25, 0.3) is 0 Å². The zero-order chi connectivity index (χ0) is 20.2. The summed E-state index contributed by atoms with van der Waals surface area (Å²) in [6.45, 7) is 3.00. The third kappa shape index (κ3) is 5.32. The molecule has 0 saturated carbocycles. The summed E-state index contributed by atoms with van der Waals surface area (Å²) in [5, 5.41) is 20.2. The number of aliphatic hydroxyl groups excluding tert-OH is 1. The van der Waals surface area contributed by atoms with Crippen molar-refractivity contribution in [2.45, 2.75) is 68.8 Å². The number of nitrogens with one attached hydrogen (secondary N) is 3. The van der Waals surface area contributed by atoms with E-state index in [0.29, 0.717) is 25.6 Å². The largest absolute Gasteiger partial charge is 0.388 e. The number of benzene rings is 1. The smallest absolute Gasteiger partial charge is 0.222 e. The number of rotatable bonds is 7. The van der Waals surface area contributed by atoms with Crippen LogP contribution >= 0.6 is 0 Å². The molecule has 0 aromatic heterocycles. The fourth-order valence-electron chi connectivity index (χ4n) is 4.40. The van der Waals surface area contributed by atoms with E-state index in [1.807, 2.05) is 0 Å². The molecule has 0 radical (unpaired) electrons. The molecular formula is C21H30FN3O4. The highest BCUT2D eigenvalue weighted by molar-refractivity contribution is 5.76. The number of fused-ring (bicyclic) bond motifs is 1. The van der Waals surface area contributed by atoms with Gasteiger partial charge in [0.2, 0.25) is 5.91 Å². The lowest BCUT2D eigenvalue weighted by molar-refractivity contribution is -0.124. The second-order valence-corrected chi connectivity index (χ2v) is 8.20. The molecule has 4 rings (SSSR count). The van der Waals surface area contributed by atoms with Crippen molar-refractivity contribution in [1.29, 1.82) is 0 Å². The van der Waals surface area contributed by atoms with E-state index in [4.69, 9.17) is 9.47 Å². The van der Waals surface area contributed by atoms with Crippen molar-refractivity contribution in [3.05, 3.63) is 35.6 Å². The van der Waals surface area contributed by atoms with E-state index < -0.39 is 6.10 Å². The molecule has 3 saturated heterocycles. The Morgan fingerprint density at radius 2 is 1.97 bits per heavy atom. The first-order valence-electron chi connectivity index (χ1n) is 10.5. The summed E-state index contributed by atoms with van der Waals surface area (Å²) in [7, 11) is 0. The van der Waals surface area contributed by atoms with Gasteiger partial charge in [0, 0.05) is 25.6 Å². The maximum Gasteiger partial charge on any atom is 0.222 e. The second kappa shape index (κ2) is 9.49. The Labute approximate surface area is 170 Å². The summed E-state index contributed by atoms with van der Waals surface area (Å²) >= 11 is 0. The third-order valence-corrected chi connectivity index (χ3v) is 6.04. The average molecular weight is 407 g/mol. The summed E-state index contributed by atoms with van der Waals surface area (Å²) in [6.07, 6.45) is 1.26. The Bertz CT molecular complexity index is 683. The summed E-state index contributed by atoms with van der Waals surface area (Å²) in [5.41, 5.74) is 0.840. The Balaban J connectivity index is 1.18. The quantitative estimate of drug-likeness (QED) is 0.525. The van der Waals surface area contributed by atoms with Crippen LogP contribution in [0.4, 0.5) is 4.39 Å². The molecule has 3 aliphatic rings. The molecule has 5 atom stereocenters. The highest BCUT2D eigenvalue weighted by atomic mass is 19.1. The number of ether oxygens (including phenoxy) is 2. The minimum atomic E-state index is -0.679. The van der Waals surface area contributed by atoms with Gasteiger partial charge in [-0.2, -0.15) is 0 Å². The molecule has 3 heterocycles. The number of aliphatic hydroxyl groups is 1. The van der Waals surface area contributed by atoms with E-state index in [1.54, 1.807) is 12.1 Å². The SMILES string of the molecule is O=C(CC1CC2OC(CNC3CCNCC3)C(O)C2O1)NCc1ccc(F)cc1. The van der Waals surface area contributed by atoms with Gasteiger partial charge in [-0.15, -0.1) is 0 Å². The molecule has 160 valence electrons. The van der Waals surface area contributed by atoms with Crippen molar-refractivity contribution < 1.29 is 23.8 Å². The van der Waals surface area contributed by atoms with Crippen molar-refractivity contribution in [3.8, 4) is 0 Å². The molecule has 3 fully saturated rings. The van der Waals surface area contributed by atoms with Gasteiger partial charge in [-0.05, 0) is 43.6 Å². The van der Waals surface area contributed by atoms with Crippen molar-refractivity contribution in [2.24, 2.45) is 0 Å². The van der Waals surface area contributed by atoms with Gasteiger partial charge < -0.3 is 30.5 Å². The van der Waals surface area contributed by atoms with Crippen LogP contribution in [0, 0.1) is 5.82 Å². The Morgan fingerprint density at radius 1 is 1.21 bits per heavy atom. The molecule has 0 spiro atoms. The summed E-state index contributed by atoms with van der Waals surface area (Å²) in [4.78, 5) is 12.2. The molecule has 1 aromatic carbocycles. The van der Waals surface area contributed by atoms with Gasteiger partial charge in [-0.1, -0.05) is 12.1 Å². The van der Waals surface area contributed by atoms with Gasteiger partial charge in [0.15, 0.2) is 0 Å². The number of hydrogen-bond acceptors (Lipinski definition) is 6. The normalized spacial score (nSPS) is 32.3. The number of carbonyl (C=O) groups excluding carboxylic acids is 1. The minimum absolute atomic E-state index is 0.127. The molecule has 5 unspecified atom stereocenters. The molecule has 1 amide bonds. The van der Waals surface area contributed by atoms with Crippen LogP contribution in [0.2, 0.25) is 0 Å². The van der Waals surface area contributed by atoms with Crippen molar-refractivity contribution >= 4 is 5.91 Å². The van der Waals surface area contributed by atoms with Crippen LogP contribution in [0.25, 0.3) is 0 Å². The average Bonchev–Trinajstić information content (AvgIpc) is 3.25. The van der Waals surface area contributed by atoms with Crippen molar-refractivity contribution in [1.82, 2.24) is 16.0 Å². The molecule has 0 aliphatic carbocycles. The van der Waals surface area contributed by atoms with E-state index in [9.17, 15) is 14.3 Å². The zero-order valence-electron chi connectivity index (χ0n) is 16.5. The van der Waals surface area contributed by atoms with Crippen LogP contribution in [-0.4, -0.2) is 67.2 Å². The lowest BCUT2D eigenvalue weighted by Crippen LogP contribution is -2.45. The first-order valence-corrected chi connectivity index (χ1v) is 10.5. The van der Waals surface area contributed by atoms with Gasteiger partial charge >= 0.3 is 0 Å². The van der Waals surface area contributed by atoms with E-state index in [2.05, 4.69) is 16.0 Å². The molecule has 7 nitrogen and oxygen atoms in total. The Morgan fingerprint density at radius 3 is 2.69 bits per heavy atom. The first kappa shape index (κ1) is 20.7. The lowest BCUT2D eigenvalue weighted by Gasteiger charge is -2.26. The molecule has 4 N–H and O–H groups in total. The topological polar surface area (TPSA) is 91.9 Å². The van der Waals surface area contributed by atoms with Gasteiger partial charge in [-0.3, -0.25) is 4.79 Å². The fraction of sp³-hybridized carbons (Fsp3) is 0.667. The molecule has 0 bridgehead atoms. The Hall–Kier alpha value is -1.58. The van der Waals surface area contributed by atoms with Crippen LogP contribution in [0.15, 0.2) is 24.3 Å². The van der Waals surface area contributed by atoms with E-state index in [1.165, 1.54) is 12.1 Å². The van der Waals surface area contributed by atoms with Crippen LogP contribution in [0.1, 0.15) is 31.2 Å². The van der Waals surface area contributed by atoms with E-state index in [0.717, 1.165) is 31.5 Å². The lowest BCUT2D eigenvalue weighted by atomic mass is 10.0. The predicted molar refractivity (Wildman–Crippen MR) is 105 cm³/mol. The first-order chi connectivity index (χ1) is 14.1. The van der Waals surface area contributed by atoms with Crippen LogP contribution < -0.4 is 16.0 Å². The molecule has 3 aliphatic heterocycles. The molecular weight excluding hydrogens is 377 g/mol. The number of carbonyl (C=O) groups is 1. The van der Waals surface area contributed by atoms with Crippen molar-refractivity contribution in [2.75, 3.05) is 19.6 Å². The van der Waals surface area contributed by atoms with Gasteiger partial charge in [0.05, 0.1) is 24.7 Å². The zero-order valence-corrected chi connectivity index (χ0v) is 16.5. The highest BCUT2D eigenvalue weighted by Gasteiger charge is 2.50. The van der Waals surface area contributed by atoms with Crippen LogP contribution in [0.3, 0.4) is 0 Å². The standard InChI is InChI=1S/C21H30FN3O4/c22-14-3-1-13(2-4-14)11-25-19(26)10-16-9-17-21(28-16)20(27)18(29-17)12-24-15-5-7-23-8-6-15/h1-4,15-18,20-21,23-24,27H,5-12H2,(H,25,26). The van der Waals surface area contributed by atoms with E-state index in [-0.39, 0.29) is 42.6 Å². The minimum Gasteiger partial charge on any atom is -0.388 e. The molecule has 1 aromatic rings. The van der Waals surface area contributed by atoms with Crippen molar-refractivity contribution in [3.63, 3.8) is 0 Å². The maximum absolute atomic E-state index is 12.9. The maximum atomic E-state index is 12.9. The molecule has 29 heavy (non-hydrogen) atoms. The summed E-state index contributed by atoms with van der Waals surface area (Å²) in [6, 6.07) is 6.50. The predicted octanol–water partition coefficient (Wildman–Crippen LogP) is 0.459. The highest BCUT2D eigenvalue weighted by Crippen LogP contribution is 2.35. The van der Waals surface area contributed by atoms with E-state index >= 15 is 0 Å². The fourth-order valence-corrected chi connectivity index (χ4v) is 4.40. The van der Waals surface area contributed by atoms with Crippen LogP contribution in [0.5, 0.6) is 0 Å². The Kier molecular flexibility index (Phi) is 6.77. The van der Waals surface area contributed by atoms with Gasteiger partial charge in [0.1, 0.15) is 18.0 Å². The van der Waals surface area contributed by atoms with Crippen LogP contribution in [-0.2, 0) is 20.8 Å². The van der Waals surface area contributed by atoms with Gasteiger partial charge in [-0.25, -0.2) is 4.39 Å². The number of amides is 1. The number of piperidine rings is 1. The third-order valence-electron chi connectivity index (χ3n) is 6.04. The summed E-state index contributed by atoms with van der Waals surface area (Å²) < 4.78 is 24.9. The second-order valence-electron chi connectivity index (χ2n) is 8.20. The monoisotopic (exact) mass is 407 g/mol. The number of halogens is 1. The molecule has 8 heteroatoms. The summed E-state index contributed by atoms with van der Waals surface area (Å²) in [5.74, 6) is -0.424. The number of hydrogen-bond donors (Lipinski definition) is 4.